The minimum absolute atomic E-state index is 0.126. The first-order valence-electron chi connectivity index (χ1n) is 6.69. The van der Waals surface area contributed by atoms with Crippen LogP contribution in [-0.4, -0.2) is 36.9 Å². The Morgan fingerprint density at radius 3 is 2.87 bits per heavy atom. The van der Waals surface area contributed by atoms with E-state index in [4.69, 9.17) is 16.3 Å². The molecule has 1 heterocycles. The summed E-state index contributed by atoms with van der Waals surface area (Å²) in [6, 6.07) is 2.57. The molecular weight excluding hydrogens is 347 g/mol. The Kier molecular flexibility index (Phi) is 5.69. The molecule has 10 heteroatoms. The monoisotopic (exact) mass is 362 g/mol. The van der Waals surface area contributed by atoms with Crippen LogP contribution in [0.25, 0.3) is 0 Å². The molecule has 1 aromatic carbocycles. The van der Waals surface area contributed by atoms with Gasteiger partial charge < -0.3 is 9.30 Å². The highest BCUT2D eigenvalue weighted by molar-refractivity contribution is 7.89. The molecule has 0 aliphatic rings. The van der Waals surface area contributed by atoms with Crippen LogP contribution in [0.1, 0.15) is 18.8 Å². The molecule has 0 radical (unpaired) electrons. The zero-order valence-corrected chi connectivity index (χ0v) is 14.1. The highest BCUT2D eigenvalue weighted by atomic mass is 35.5. The summed E-state index contributed by atoms with van der Waals surface area (Å²) in [5, 5.41) is 7.44. The van der Waals surface area contributed by atoms with Gasteiger partial charge in [-0.3, -0.25) is 0 Å². The van der Waals surface area contributed by atoms with Crippen molar-refractivity contribution in [3.63, 3.8) is 0 Å². The topological polar surface area (TPSA) is 86.1 Å². The third kappa shape index (κ3) is 4.25. The molecule has 23 heavy (non-hydrogen) atoms. The second kappa shape index (κ2) is 7.35. The maximum Gasteiger partial charge on any atom is 0.241 e. The number of halogens is 2. The lowest BCUT2D eigenvalue weighted by atomic mass is 10.3. The molecule has 2 rings (SSSR count). The Morgan fingerprint density at radius 1 is 1.48 bits per heavy atom. The van der Waals surface area contributed by atoms with Gasteiger partial charge >= 0.3 is 0 Å². The lowest BCUT2D eigenvalue weighted by molar-refractivity contribution is 0.185. The fraction of sp³-hybridized carbons (Fsp3) is 0.385. The van der Waals surface area contributed by atoms with Crippen LogP contribution in [0.15, 0.2) is 29.4 Å². The first-order chi connectivity index (χ1) is 10.8. The lowest BCUT2D eigenvalue weighted by Crippen LogP contribution is -2.29. The van der Waals surface area contributed by atoms with Gasteiger partial charge in [0.25, 0.3) is 0 Å². The fourth-order valence-electron chi connectivity index (χ4n) is 1.96. The van der Waals surface area contributed by atoms with Gasteiger partial charge in [-0.25, -0.2) is 17.5 Å². The zero-order valence-electron chi connectivity index (χ0n) is 12.5. The number of benzene rings is 1. The van der Waals surface area contributed by atoms with E-state index >= 15 is 0 Å². The molecule has 1 atom stereocenters. The van der Waals surface area contributed by atoms with Crippen LogP contribution in [0.3, 0.4) is 0 Å². The number of aromatic nitrogens is 3. The van der Waals surface area contributed by atoms with Gasteiger partial charge in [-0.15, -0.1) is 10.2 Å². The largest absolute Gasteiger partial charge is 0.383 e. The first-order valence-corrected chi connectivity index (χ1v) is 8.55. The number of hydrogen-bond acceptors (Lipinski definition) is 5. The van der Waals surface area contributed by atoms with Crippen LogP contribution in [0, 0.1) is 5.82 Å². The van der Waals surface area contributed by atoms with Gasteiger partial charge in [0.15, 0.2) is 5.82 Å². The molecule has 2 aromatic rings. The first kappa shape index (κ1) is 17.8. The van der Waals surface area contributed by atoms with Crippen LogP contribution in [-0.2, 0) is 21.3 Å². The molecule has 0 spiro atoms. The third-order valence-corrected chi connectivity index (χ3v) is 4.93. The van der Waals surface area contributed by atoms with Crippen molar-refractivity contribution in [3.05, 3.63) is 41.2 Å². The van der Waals surface area contributed by atoms with E-state index in [0.29, 0.717) is 19.0 Å². The van der Waals surface area contributed by atoms with E-state index in [9.17, 15) is 12.8 Å². The molecule has 0 saturated heterocycles. The fourth-order valence-corrected chi connectivity index (χ4v) is 3.43. The molecule has 0 saturated carbocycles. The van der Waals surface area contributed by atoms with Gasteiger partial charge in [0.1, 0.15) is 12.1 Å². The molecule has 0 fully saturated rings. The van der Waals surface area contributed by atoms with E-state index in [-0.39, 0.29) is 9.92 Å². The quantitative estimate of drug-likeness (QED) is 0.811. The molecule has 0 aliphatic heterocycles. The van der Waals surface area contributed by atoms with Crippen molar-refractivity contribution in [3.8, 4) is 0 Å². The SMILES string of the molecule is COCCn1cnnc1[C@@H](C)NS(=O)(=O)c1ccc(F)c(Cl)c1. The Morgan fingerprint density at radius 2 is 2.22 bits per heavy atom. The number of nitrogens with zero attached hydrogens (tertiary/aromatic N) is 3. The normalized spacial score (nSPS) is 13.2. The van der Waals surface area contributed by atoms with Gasteiger partial charge in [-0.1, -0.05) is 11.6 Å². The Labute approximate surface area is 138 Å². The average Bonchev–Trinajstić information content (AvgIpc) is 2.96. The maximum absolute atomic E-state index is 13.2. The van der Waals surface area contributed by atoms with E-state index in [0.717, 1.165) is 18.2 Å². The predicted octanol–water partition coefficient (Wildman–Crippen LogP) is 1.76. The highest BCUT2D eigenvalue weighted by Crippen LogP contribution is 2.21. The number of ether oxygens (including phenoxy) is 1. The molecule has 0 bridgehead atoms. The minimum atomic E-state index is -3.88. The Hall–Kier alpha value is -1.55. The summed E-state index contributed by atoms with van der Waals surface area (Å²) in [7, 11) is -2.31. The number of rotatable bonds is 7. The van der Waals surface area contributed by atoms with Crippen LogP contribution in [0.4, 0.5) is 4.39 Å². The smallest absolute Gasteiger partial charge is 0.241 e. The summed E-state index contributed by atoms with van der Waals surface area (Å²) >= 11 is 5.63. The van der Waals surface area contributed by atoms with E-state index in [1.54, 1.807) is 18.6 Å². The number of methoxy groups -OCH3 is 1. The molecule has 1 aromatic heterocycles. The highest BCUT2D eigenvalue weighted by Gasteiger charge is 2.22. The van der Waals surface area contributed by atoms with Gasteiger partial charge in [0.2, 0.25) is 10.0 Å². The van der Waals surface area contributed by atoms with Crippen molar-refractivity contribution < 1.29 is 17.5 Å². The summed E-state index contributed by atoms with van der Waals surface area (Å²) in [5.41, 5.74) is 0. The molecule has 7 nitrogen and oxygen atoms in total. The van der Waals surface area contributed by atoms with Gasteiger partial charge in [0.05, 0.1) is 22.6 Å². The van der Waals surface area contributed by atoms with Crippen LogP contribution < -0.4 is 4.72 Å². The van der Waals surface area contributed by atoms with Crippen molar-refractivity contribution in [2.24, 2.45) is 0 Å². The van der Waals surface area contributed by atoms with Crippen LogP contribution in [0.2, 0.25) is 5.02 Å². The standard InChI is InChI=1S/C13H16ClFN4O3S/c1-9(13-17-16-8-19(13)5-6-22-2)18-23(20,21)10-3-4-12(15)11(14)7-10/h3-4,7-9,18H,5-6H2,1-2H3/t9-/m1/s1. The van der Waals surface area contributed by atoms with Crippen molar-refractivity contribution in [1.82, 2.24) is 19.5 Å². The van der Waals surface area contributed by atoms with E-state index in [2.05, 4.69) is 14.9 Å². The Balaban J connectivity index is 2.20. The molecular formula is C13H16ClFN4O3S. The molecule has 1 N–H and O–H groups in total. The zero-order chi connectivity index (χ0) is 17.0. The van der Waals surface area contributed by atoms with Crippen LogP contribution >= 0.6 is 11.6 Å². The van der Waals surface area contributed by atoms with Crippen molar-refractivity contribution in [2.45, 2.75) is 24.4 Å². The van der Waals surface area contributed by atoms with E-state index in [1.807, 2.05) is 0 Å². The van der Waals surface area contributed by atoms with Crippen LogP contribution in [0.5, 0.6) is 0 Å². The van der Waals surface area contributed by atoms with Crippen molar-refractivity contribution >= 4 is 21.6 Å². The minimum Gasteiger partial charge on any atom is -0.383 e. The molecule has 0 unspecified atom stereocenters. The van der Waals surface area contributed by atoms with E-state index in [1.165, 1.54) is 6.33 Å². The Bertz CT molecular complexity index is 781. The summed E-state index contributed by atoms with van der Waals surface area (Å²) in [6.45, 7) is 2.57. The molecule has 126 valence electrons. The summed E-state index contributed by atoms with van der Waals surface area (Å²) < 4.78 is 47.0. The predicted molar refractivity (Wildman–Crippen MR) is 82.0 cm³/mol. The van der Waals surface area contributed by atoms with Gasteiger partial charge in [0, 0.05) is 13.7 Å². The average molecular weight is 363 g/mol. The van der Waals surface area contributed by atoms with Gasteiger partial charge in [-0.2, -0.15) is 0 Å². The van der Waals surface area contributed by atoms with Gasteiger partial charge in [-0.05, 0) is 25.1 Å². The molecule has 0 amide bonds. The third-order valence-electron chi connectivity index (χ3n) is 3.10. The lowest BCUT2D eigenvalue weighted by Gasteiger charge is -2.15. The maximum atomic E-state index is 13.2. The molecule has 0 aliphatic carbocycles. The number of sulfonamides is 1. The number of hydrogen-bond donors (Lipinski definition) is 1. The van der Waals surface area contributed by atoms with Crippen molar-refractivity contribution in [2.75, 3.05) is 13.7 Å². The summed E-state index contributed by atoms with van der Waals surface area (Å²) in [5.74, 6) is -0.239. The summed E-state index contributed by atoms with van der Waals surface area (Å²) in [4.78, 5) is -0.126. The number of nitrogens with one attached hydrogen (secondary N) is 1. The second-order valence-corrected chi connectivity index (χ2v) is 6.92. The summed E-state index contributed by atoms with van der Waals surface area (Å²) in [6.07, 6.45) is 1.49. The van der Waals surface area contributed by atoms with Crippen molar-refractivity contribution in [1.29, 1.82) is 0 Å². The van der Waals surface area contributed by atoms with E-state index < -0.39 is 21.9 Å². The second-order valence-electron chi connectivity index (χ2n) is 4.79.